The Balaban J connectivity index is 1.21. The zero-order chi connectivity index (χ0) is 20.8. The number of nitrogens with zero attached hydrogens (tertiary/aromatic N) is 2. The Morgan fingerprint density at radius 2 is 2.17 bits per heavy atom. The second-order valence-corrected chi connectivity index (χ2v) is 7.62. The normalized spacial score (nSPS) is 15.9. The van der Waals surface area contributed by atoms with Gasteiger partial charge in [0.25, 0.3) is 17.7 Å². The predicted molar refractivity (Wildman–Crippen MR) is 104 cm³/mol. The smallest absolute Gasteiger partial charge is 0.262 e. The van der Waals surface area contributed by atoms with Gasteiger partial charge in [-0.25, -0.2) is 4.39 Å². The number of ether oxygens (including phenoxy) is 2. The molecule has 154 valence electrons. The molecule has 2 aliphatic heterocycles. The lowest BCUT2D eigenvalue weighted by atomic mass is 9.99. The Labute approximate surface area is 174 Å². The van der Waals surface area contributed by atoms with E-state index in [2.05, 4.69) is 10.5 Å². The van der Waals surface area contributed by atoms with Gasteiger partial charge in [-0.15, -0.1) is 0 Å². The van der Waals surface area contributed by atoms with Crippen molar-refractivity contribution < 1.29 is 28.0 Å². The number of amides is 2. The number of hydrogen-bond donors (Lipinski definition) is 1. The number of hydrogen-bond acceptors (Lipinski definition) is 6. The van der Waals surface area contributed by atoms with Gasteiger partial charge in [0.15, 0.2) is 12.2 Å². The molecule has 1 fully saturated rings. The van der Waals surface area contributed by atoms with Crippen molar-refractivity contribution >= 4 is 40.1 Å². The molecule has 5 rings (SSSR count). The summed E-state index contributed by atoms with van der Waals surface area (Å²) in [6, 6.07) is 7.54. The van der Waals surface area contributed by atoms with Crippen LogP contribution in [0.3, 0.4) is 0 Å². The van der Waals surface area contributed by atoms with Gasteiger partial charge >= 0.3 is 0 Å². The molecule has 0 spiro atoms. The largest absolute Gasteiger partial charge is 0.481 e. The zero-order valence-corrected chi connectivity index (χ0v) is 16.2. The number of fused-ring (bicyclic) bond motifs is 2. The van der Waals surface area contributed by atoms with E-state index in [4.69, 9.17) is 25.6 Å². The summed E-state index contributed by atoms with van der Waals surface area (Å²) in [6.07, 6.45) is 0. The summed E-state index contributed by atoms with van der Waals surface area (Å²) >= 11 is 6.00. The van der Waals surface area contributed by atoms with Crippen molar-refractivity contribution in [2.75, 3.05) is 31.6 Å². The minimum absolute atomic E-state index is 0.0728. The van der Waals surface area contributed by atoms with Gasteiger partial charge in [0.2, 0.25) is 0 Å². The van der Waals surface area contributed by atoms with Crippen LogP contribution in [0.15, 0.2) is 34.9 Å². The zero-order valence-electron chi connectivity index (χ0n) is 15.5. The highest BCUT2D eigenvalue weighted by Gasteiger charge is 2.34. The lowest BCUT2D eigenvalue weighted by Crippen LogP contribution is -2.52. The molecule has 3 aromatic rings. The molecule has 3 heterocycles. The summed E-state index contributed by atoms with van der Waals surface area (Å²) in [7, 11) is 0. The van der Waals surface area contributed by atoms with Crippen LogP contribution in [0, 0.1) is 11.7 Å². The number of carbonyl (C=O) groups excluding carboxylic acids is 2. The van der Waals surface area contributed by atoms with Crippen LogP contribution < -0.4 is 14.8 Å². The first-order valence-electron chi connectivity index (χ1n) is 9.21. The van der Waals surface area contributed by atoms with Gasteiger partial charge in [-0.2, -0.15) is 0 Å². The Hall–Kier alpha value is -3.33. The van der Waals surface area contributed by atoms with Crippen molar-refractivity contribution in [3.63, 3.8) is 0 Å². The molecule has 8 nitrogen and oxygen atoms in total. The fourth-order valence-electron chi connectivity index (χ4n) is 3.47. The van der Waals surface area contributed by atoms with Gasteiger partial charge in [-0.1, -0.05) is 11.6 Å². The molecule has 0 aliphatic carbocycles. The van der Waals surface area contributed by atoms with Crippen LogP contribution in [0.1, 0.15) is 10.4 Å². The topological polar surface area (TPSA) is 93.9 Å². The Bertz CT molecular complexity index is 1170. The molecule has 2 aromatic carbocycles. The summed E-state index contributed by atoms with van der Waals surface area (Å²) in [5.74, 6) is -0.878. The highest BCUT2D eigenvalue weighted by atomic mass is 35.5. The summed E-state index contributed by atoms with van der Waals surface area (Å²) in [5, 5.41) is 7.69. The lowest BCUT2D eigenvalue weighted by Gasteiger charge is -2.39. The molecular weight excluding hydrogens is 417 g/mol. The Kier molecular flexibility index (Phi) is 4.47. The van der Waals surface area contributed by atoms with Crippen molar-refractivity contribution in [3.05, 3.63) is 46.7 Å². The van der Waals surface area contributed by atoms with Crippen LogP contribution in [0.4, 0.5) is 10.1 Å². The van der Waals surface area contributed by atoms with Crippen LogP contribution in [-0.4, -0.2) is 48.2 Å². The van der Waals surface area contributed by atoms with Gasteiger partial charge in [0.05, 0.1) is 23.2 Å². The first kappa shape index (κ1) is 18.7. The quantitative estimate of drug-likeness (QED) is 0.682. The minimum atomic E-state index is -0.694. The number of likely N-dealkylation sites (tertiary alicyclic amines) is 1. The molecule has 0 unspecified atom stereocenters. The second-order valence-electron chi connectivity index (χ2n) is 7.18. The molecule has 0 saturated carbocycles. The van der Waals surface area contributed by atoms with E-state index in [9.17, 15) is 14.0 Å². The molecule has 2 amide bonds. The first-order chi connectivity index (χ1) is 14.5. The van der Waals surface area contributed by atoms with E-state index in [-0.39, 0.29) is 35.4 Å². The van der Waals surface area contributed by atoms with Crippen LogP contribution in [0.25, 0.3) is 11.0 Å². The maximum absolute atomic E-state index is 14.4. The molecule has 10 heteroatoms. The van der Waals surface area contributed by atoms with Crippen molar-refractivity contribution in [1.82, 2.24) is 10.1 Å². The number of carbonyl (C=O) groups is 2. The van der Waals surface area contributed by atoms with Gasteiger partial charge in [-0.3, -0.25) is 9.59 Å². The average molecular weight is 432 g/mol. The van der Waals surface area contributed by atoms with Crippen LogP contribution in [0.2, 0.25) is 5.02 Å². The van der Waals surface area contributed by atoms with E-state index in [1.54, 1.807) is 18.2 Å². The minimum Gasteiger partial charge on any atom is -0.481 e. The number of benzene rings is 2. The molecule has 1 saturated heterocycles. The van der Waals surface area contributed by atoms with Crippen molar-refractivity contribution in [2.24, 2.45) is 5.92 Å². The predicted octanol–water partition coefficient (Wildman–Crippen LogP) is 3.10. The van der Waals surface area contributed by atoms with E-state index < -0.39 is 11.7 Å². The maximum Gasteiger partial charge on any atom is 0.262 e. The summed E-state index contributed by atoms with van der Waals surface area (Å²) in [6.45, 7) is 0.971. The number of anilines is 1. The molecular formula is C20H15ClFN3O5. The molecule has 1 N–H and O–H groups in total. The van der Waals surface area contributed by atoms with Crippen LogP contribution in [-0.2, 0) is 4.79 Å². The number of nitrogens with one attached hydrogen (secondary N) is 1. The maximum atomic E-state index is 14.4. The summed E-state index contributed by atoms with van der Waals surface area (Å²) in [5.41, 5.74) is 0.739. The fraction of sp³-hybridized carbons (Fsp3) is 0.250. The highest BCUT2D eigenvalue weighted by molar-refractivity contribution is 6.31. The van der Waals surface area contributed by atoms with E-state index in [1.807, 2.05) is 0 Å². The molecule has 2 aliphatic rings. The molecule has 1 aromatic heterocycles. The number of aromatic nitrogens is 1. The standard InChI is InChI=1S/C20H15ClFN3O5/c21-11-1-2-16-13(3-11)19(24-30-16)29-8-10-6-25(7-10)20(27)12-4-15-17(5-14(12)22)28-9-18(26)23-15/h1-5,10H,6-9H2,(H,23,26). The summed E-state index contributed by atoms with van der Waals surface area (Å²) in [4.78, 5) is 25.6. The van der Waals surface area contributed by atoms with Crippen LogP contribution >= 0.6 is 11.6 Å². The van der Waals surface area contributed by atoms with E-state index in [0.717, 1.165) is 6.07 Å². The van der Waals surface area contributed by atoms with Crippen molar-refractivity contribution in [2.45, 2.75) is 0 Å². The second kappa shape index (κ2) is 7.17. The average Bonchev–Trinajstić information content (AvgIpc) is 3.08. The van der Waals surface area contributed by atoms with Crippen molar-refractivity contribution in [1.29, 1.82) is 0 Å². The third-order valence-electron chi connectivity index (χ3n) is 5.03. The number of halogens is 2. The van der Waals surface area contributed by atoms with Gasteiger partial charge in [0.1, 0.15) is 11.6 Å². The lowest BCUT2D eigenvalue weighted by molar-refractivity contribution is -0.118. The Morgan fingerprint density at radius 1 is 1.33 bits per heavy atom. The number of rotatable bonds is 4. The highest BCUT2D eigenvalue weighted by Crippen LogP contribution is 2.32. The van der Waals surface area contributed by atoms with Gasteiger partial charge < -0.3 is 24.2 Å². The van der Waals surface area contributed by atoms with Gasteiger partial charge in [0, 0.05) is 30.1 Å². The molecule has 30 heavy (non-hydrogen) atoms. The molecule has 0 radical (unpaired) electrons. The van der Waals surface area contributed by atoms with E-state index in [0.29, 0.717) is 41.6 Å². The third kappa shape index (κ3) is 3.30. The SMILES string of the molecule is O=C1COc2cc(F)c(C(=O)N3CC(COc4noc5ccc(Cl)cc45)C3)cc2N1. The monoisotopic (exact) mass is 431 g/mol. The third-order valence-corrected chi connectivity index (χ3v) is 5.27. The van der Waals surface area contributed by atoms with Crippen molar-refractivity contribution in [3.8, 4) is 11.6 Å². The van der Waals surface area contributed by atoms with Crippen LogP contribution in [0.5, 0.6) is 11.6 Å². The van der Waals surface area contributed by atoms with E-state index >= 15 is 0 Å². The Morgan fingerprint density at radius 3 is 3.00 bits per heavy atom. The van der Waals surface area contributed by atoms with Gasteiger partial charge in [-0.05, 0) is 29.4 Å². The fourth-order valence-corrected chi connectivity index (χ4v) is 3.64. The summed E-state index contributed by atoms with van der Waals surface area (Å²) < 4.78 is 30.4. The van der Waals surface area contributed by atoms with E-state index in [1.165, 1.54) is 11.0 Å². The molecule has 0 atom stereocenters. The molecule has 0 bridgehead atoms. The first-order valence-corrected chi connectivity index (χ1v) is 9.59.